The van der Waals surface area contributed by atoms with Crippen LogP contribution in [0.25, 0.3) is 10.8 Å². The highest BCUT2D eigenvalue weighted by Gasteiger charge is 2.31. The number of rotatable bonds is 3. The highest BCUT2D eigenvalue weighted by atomic mass is 35.5. The van der Waals surface area contributed by atoms with Crippen LogP contribution in [0.4, 0.5) is 5.82 Å². The number of halogens is 1. The van der Waals surface area contributed by atoms with Crippen molar-refractivity contribution in [3.63, 3.8) is 0 Å². The van der Waals surface area contributed by atoms with Crippen molar-refractivity contribution in [3.05, 3.63) is 29.4 Å². The summed E-state index contributed by atoms with van der Waals surface area (Å²) in [5.41, 5.74) is 0. The van der Waals surface area contributed by atoms with E-state index in [1.54, 1.807) is 0 Å². The van der Waals surface area contributed by atoms with Crippen LogP contribution in [0.2, 0.25) is 5.15 Å². The van der Waals surface area contributed by atoms with Gasteiger partial charge in [0.05, 0.1) is 0 Å². The molecule has 1 saturated carbocycles. The molecule has 1 fully saturated rings. The average molecular weight is 290 g/mol. The zero-order chi connectivity index (χ0) is 14.1. The fourth-order valence-corrected chi connectivity index (χ4v) is 3.58. The standard InChI is InChI=1S/C16H20ClN3/c1-3-11-8-9-14(10(11)2)18-16-13-7-5-4-6-12(13)15(17)19-20-16/h4-7,10-11,14H,3,8-9H2,1-2H3,(H,18,20). The first-order valence-electron chi connectivity index (χ1n) is 7.38. The Bertz CT molecular complexity index is 614. The van der Waals surface area contributed by atoms with Crippen LogP contribution in [-0.4, -0.2) is 16.2 Å². The number of aromatic nitrogens is 2. The van der Waals surface area contributed by atoms with E-state index in [1.165, 1.54) is 19.3 Å². The zero-order valence-corrected chi connectivity index (χ0v) is 12.7. The molecular formula is C16H20ClN3. The molecule has 106 valence electrons. The van der Waals surface area contributed by atoms with Gasteiger partial charge in [-0.3, -0.25) is 0 Å². The van der Waals surface area contributed by atoms with Crippen LogP contribution < -0.4 is 5.32 Å². The molecule has 1 aromatic heterocycles. The summed E-state index contributed by atoms with van der Waals surface area (Å²) in [5.74, 6) is 2.36. The largest absolute Gasteiger partial charge is 0.365 e. The summed E-state index contributed by atoms with van der Waals surface area (Å²) in [6, 6.07) is 8.52. The third-order valence-electron chi connectivity index (χ3n) is 4.72. The van der Waals surface area contributed by atoms with Crippen LogP contribution in [0.15, 0.2) is 24.3 Å². The molecule has 0 radical (unpaired) electrons. The van der Waals surface area contributed by atoms with Crippen LogP contribution in [0, 0.1) is 11.8 Å². The van der Waals surface area contributed by atoms with Crippen molar-refractivity contribution in [1.29, 1.82) is 0 Å². The van der Waals surface area contributed by atoms with E-state index in [9.17, 15) is 0 Å². The Balaban J connectivity index is 1.90. The maximum atomic E-state index is 6.12. The summed E-state index contributed by atoms with van der Waals surface area (Å²) < 4.78 is 0. The van der Waals surface area contributed by atoms with Gasteiger partial charge in [0.2, 0.25) is 0 Å². The van der Waals surface area contributed by atoms with Gasteiger partial charge in [-0.25, -0.2) is 0 Å². The van der Waals surface area contributed by atoms with Crippen molar-refractivity contribution in [2.75, 3.05) is 5.32 Å². The van der Waals surface area contributed by atoms with E-state index in [1.807, 2.05) is 18.2 Å². The first-order valence-corrected chi connectivity index (χ1v) is 7.76. The summed E-state index contributed by atoms with van der Waals surface area (Å²) in [5, 5.41) is 14.4. The van der Waals surface area contributed by atoms with Gasteiger partial charge in [-0.2, -0.15) is 0 Å². The lowest BCUT2D eigenvalue weighted by atomic mass is 9.93. The predicted molar refractivity (Wildman–Crippen MR) is 84.1 cm³/mol. The Kier molecular flexibility index (Phi) is 3.79. The molecule has 3 unspecified atom stereocenters. The van der Waals surface area contributed by atoms with Crippen molar-refractivity contribution in [1.82, 2.24) is 10.2 Å². The molecular weight excluding hydrogens is 270 g/mol. The highest BCUT2D eigenvalue weighted by molar-refractivity contribution is 6.34. The van der Waals surface area contributed by atoms with Crippen LogP contribution in [0.3, 0.4) is 0 Å². The van der Waals surface area contributed by atoms with Crippen molar-refractivity contribution < 1.29 is 0 Å². The molecule has 1 aromatic carbocycles. The molecule has 4 heteroatoms. The molecule has 0 saturated heterocycles. The van der Waals surface area contributed by atoms with Crippen molar-refractivity contribution in [2.24, 2.45) is 11.8 Å². The summed E-state index contributed by atoms with van der Waals surface area (Å²) >= 11 is 6.12. The first-order chi connectivity index (χ1) is 9.70. The van der Waals surface area contributed by atoms with Crippen LogP contribution in [0.1, 0.15) is 33.1 Å². The Morgan fingerprint density at radius 1 is 1.20 bits per heavy atom. The van der Waals surface area contributed by atoms with E-state index in [0.29, 0.717) is 17.1 Å². The zero-order valence-electron chi connectivity index (χ0n) is 11.9. The van der Waals surface area contributed by atoms with Gasteiger partial charge >= 0.3 is 0 Å². The Morgan fingerprint density at radius 2 is 1.95 bits per heavy atom. The molecule has 0 spiro atoms. The third kappa shape index (κ3) is 2.35. The smallest absolute Gasteiger partial charge is 0.159 e. The topological polar surface area (TPSA) is 37.8 Å². The van der Waals surface area contributed by atoms with E-state index in [4.69, 9.17) is 11.6 Å². The van der Waals surface area contributed by atoms with Crippen molar-refractivity contribution in [3.8, 4) is 0 Å². The fraction of sp³-hybridized carbons (Fsp3) is 0.500. The Hall–Kier alpha value is -1.35. The van der Waals surface area contributed by atoms with E-state index < -0.39 is 0 Å². The quantitative estimate of drug-likeness (QED) is 0.903. The third-order valence-corrected chi connectivity index (χ3v) is 4.99. The minimum atomic E-state index is 0.469. The molecule has 2 aromatic rings. The monoisotopic (exact) mass is 289 g/mol. The van der Waals surface area contributed by atoms with Gasteiger partial charge in [0, 0.05) is 16.8 Å². The minimum Gasteiger partial charge on any atom is -0.365 e. The maximum Gasteiger partial charge on any atom is 0.159 e. The summed E-state index contributed by atoms with van der Waals surface area (Å²) in [7, 11) is 0. The molecule has 1 N–H and O–H groups in total. The summed E-state index contributed by atoms with van der Waals surface area (Å²) in [4.78, 5) is 0. The Morgan fingerprint density at radius 3 is 2.65 bits per heavy atom. The molecule has 0 amide bonds. The Labute approximate surface area is 124 Å². The number of benzene rings is 1. The lowest BCUT2D eigenvalue weighted by Gasteiger charge is -2.22. The van der Waals surface area contributed by atoms with Gasteiger partial charge in [0.1, 0.15) is 0 Å². The second kappa shape index (κ2) is 5.57. The molecule has 0 bridgehead atoms. The lowest BCUT2D eigenvalue weighted by molar-refractivity contribution is 0.391. The second-order valence-corrected chi connectivity index (χ2v) is 6.10. The summed E-state index contributed by atoms with van der Waals surface area (Å²) in [6.07, 6.45) is 3.76. The number of anilines is 1. The number of nitrogens with one attached hydrogen (secondary N) is 1. The second-order valence-electron chi connectivity index (χ2n) is 5.74. The molecule has 3 atom stereocenters. The molecule has 0 aliphatic heterocycles. The van der Waals surface area contributed by atoms with Gasteiger partial charge < -0.3 is 5.32 Å². The summed E-state index contributed by atoms with van der Waals surface area (Å²) in [6.45, 7) is 4.62. The molecule has 1 aliphatic carbocycles. The van der Waals surface area contributed by atoms with Gasteiger partial charge in [0.25, 0.3) is 0 Å². The van der Waals surface area contributed by atoms with E-state index in [2.05, 4.69) is 35.4 Å². The number of nitrogens with zero attached hydrogens (tertiary/aromatic N) is 2. The SMILES string of the molecule is CCC1CCC(Nc2nnc(Cl)c3ccccc23)C1C. The first kappa shape index (κ1) is 13.6. The lowest BCUT2D eigenvalue weighted by Crippen LogP contribution is -2.25. The van der Waals surface area contributed by atoms with E-state index >= 15 is 0 Å². The predicted octanol–water partition coefficient (Wildman–Crippen LogP) is 4.52. The van der Waals surface area contributed by atoms with E-state index in [-0.39, 0.29) is 0 Å². The normalized spacial score (nSPS) is 26.1. The van der Waals surface area contributed by atoms with Gasteiger partial charge in [-0.1, -0.05) is 56.1 Å². The van der Waals surface area contributed by atoms with E-state index in [0.717, 1.165) is 22.5 Å². The number of hydrogen-bond donors (Lipinski definition) is 1. The molecule has 3 rings (SSSR count). The van der Waals surface area contributed by atoms with Gasteiger partial charge in [0.15, 0.2) is 11.0 Å². The number of hydrogen-bond acceptors (Lipinski definition) is 3. The fourth-order valence-electron chi connectivity index (χ4n) is 3.38. The van der Waals surface area contributed by atoms with Crippen LogP contribution >= 0.6 is 11.6 Å². The van der Waals surface area contributed by atoms with Gasteiger partial charge in [-0.15, -0.1) is 10.2 Å². The highest BCUT2D eigenvalue weighted by Crippen LogP contribution is 2.36. The molecule has 3 nitrogen and oxygen atoms in total. The van der Waals surface area contributed by atoms with Crippen LogP contribution in [0.5, 0.6) is 0 Å². The van der Waals surface area contributed by atoms with Crippen molar-refractivity contribution >= 4 is 28.2 Å². The van der Waals surface area contributed by atoms with Crippen LogP contribution in [-0.2, 0) is 0 Å². The maximum absolute atomic E-state index is 6.12. The molecule has 20 heavy (non-hydrogen) atoms. The van der Waals surface area contributed by atoms with Crippen molar-refractivity contribution in [2.45, 2.75) is 39.2 Å². The molecule has 1 aliphatic rings. The number of fused-ring (bicyclic) bond motifs is 1. The van der Waals surface area contributed by atoms with Gasteiger partial charge in [-0.05, 0) is 24.7 Å². The minimum absolute atomic E-state index is 0.469. The average Bonchev–Trinajstić information content (AvgIpc) is 2.83. The molecule has 1 heterocycles.